The monoisotopic (exact) mass is 239 g/mol. The van der Waals surface area contributed by atoms with Crippen molar-refractivity contribution in [3.05, 3.63) is 0 Å². The van der Waals surface area contributed by atoms with Crippen LogP contribution in [0.3, 0.4) is 0 Å². The van der Waals surface area contributed by atoms with Gasteiger partial charge in [0.2, 0.25) is 5.91 Å². The van der Waals surface area contributed by atoms with Crippen LogP contribution in [0.4, 0.5) is 0 Å². The number of carbonyl (C=O) groups excluding carboxylic acids is 1. The van der Waals surface area contributed by atoms with Crippen molar-refractivity contribution in [1.29, 1.82) is 0 Å². The van der Waals surface area contributed by atoms with Crippen molar-refractivity contribution in [3.8, 4) is 0 Å². The smallest absolute Gasteiger partial charge is 0.226 e. The molecular formula is C14H25NO2. The van der Waals surface area contributed by atoms with Gasteiger partial charge in [0.15, 0.2) is 0 Å². The van der Waals surface area contributed by atoms with Gasteiger partial charge in [-0.05, 0) is 29.6 Å². The average molecular weight is 239 g/mol. The van der Waals surface area contributed by atoms with Crippen molar-refractivity contribution in [3.63, 3.8) is 0 Å². The molecule has 3 nitrogen and oxygen atoms in total. The van der Waals surface area contributed by atoms with Crippen LogP contribution >= 0.6 is 0 Å². The van der Waals surface area contributed by atoms with E-state index in [0.717, 1.165) is 12.8 Å². The van der Waals surface area contributed by atoms with Crippen molar-refractivity contribution in [2.75, 3.05) is 13.6 Å². The quantitative estimate of drug-likeness (QED) is 0.814. The summed E-state index contributed by atoms with van der Waals surface area (Å²) in [6, 6.07) is 0. The summed E-state index contributed by atoms with van der Waals surface area (Å²) in [5, 5.41) is 9.88. The highest BCUT2D eigenvalue weighted by Gasteiger charge is 2.68. The molecule has 0 bridgehead atoms. The molecule has 0 saturated heterocycles. The number of hydrogen-bond acceptors (Lipinski definition) is 2. The van der Waals surface area contributed by atoms with Gasteiger partial charge in [0.25, 0.3) is 0 Å². The summed E-state index contributed by atoms with van der Waals surface area (Å²) in [5.74, 6) is 0.733. The summed E-state index contributed by atoms with van der Waals surface area (Å²) in [6.07, 6.45) is 1.90. The molecule has 0 heterocycles. The Labute approximate surface area is 104 Å². The zero-order valence-corrected chi connectivity index (χ0v) is 11.7. The predicted molar refractivity (Wildman–Crippen MR) is 67.4 cm³/mol. The molecule has 0 spiro atoms. The van der Waals surface area contributed by atoms with Gasteiger partial charge >= 0.3 is 0 Å². The largest absolute Gasteiger partial charge is 0.391 e. The Morgan fingerprint density at radius 3 is 2.12 bits per heavy atom. The standard InChI is InChI=1S/C14H25NO2/c1-13(2)11(14(13,3)4)12(17)15(5)8-10(16)9-6-7-9/h9-11,16H,6-8H2,1-5H3. The maximum atomic E-state index is 12.3. The van der Waals surface area contributed by atoms with Crippen molar-refractivity contribution in [2.45, 2.75) is 46.6 Å². The normalized spacial score (nSPS) is 27.6. The number of hydrogen-bond donors (Lipinski definition) is 1. The third-order valence-electron chi connectivity index (χ3n) is 5.27. The molecule has 98 valence electrons. The van der Waals surface area contributed by atoms with Gasteiger partial charge in [0.1, 0.15) is 0 Å². The highest BCUT2D eigenvalue weighted by atomic mass is 16.3. The fraction of sp³-hybridized carbons (Fsp3) is 0.929. The third kappa shape index (κ3) is 1.99. The second kappa shape index (κ2) is 3.71. The summed E-state index contributed by atoms with van der Waals surface area (Å²) in [5.41, 5.74) is 0.172. The first-order valence-corrected chi connectivity index (χ1v) is 6.62. The highest BCUT2D eigenvalue weighted by Crippen LogP contribution is 2.68. The molecule has 0 radical (unpaired) electrons. The Bertz CT molecular complexity index is 317. The van der Waals surface area contributed by atoms with Crippen molar-refractivity contribution in [1.82, 2.24) is 4.90 Å². The first kappa shape index (κ1) is 12.9. The molecular weight excluding hydrogens is 214 g/mol. The minimum absolute atomic E-state index is 0.0862. The molecule has 1 unspecified atom stereocenters. The van der Waals surface area contributed by atoms with Gasteiger partial charge in [0.05, 0.1) is 6.10 Å². The fourth-order valence-electron chi connectivity index (χ4n) is 3.03. The van der Waals surface area contributed by atoms with Crippen LogP contribution in [0.25, 0.3) is 0 Å². The molecule has 17 heavy (non-hydrogen) atoms. The number of aliphatic hydroxyl groups excluding tert-OH is 1. The molecule has 0 aliphatic heterocycles. The summed E-state index contributed by atoms with van der Waals surface area (Å²) < 4.78 is 0. The zero-order chi connectivity index (χ0) is 13.0. The van der Waals surface area contributed by atoms with Crippen LogP contribution < -0.4 is 0 Å². The minimum atomic E-state index is -0.325. The molecule has 2 fully saturated rings. The number of aliphatic hydroxyl groups is 1. The number of carbonyl (C=O) groups is 1. The van der Waals surface area contributed by atoms with E-state index in [0.29, 0.717) is 12.5 Å². The van der Waals surface area contributed by atoms with E-state index >= 15 is 0 Å². The predicted octanol–water partition coefficient (Wildman–Crippen LogP) is 1.90. The lowest BCUT2D eigenvalue weighted by Crippen LogP contribution is -2.37. The molecule has 0 aromatic rings. The van der Waals surface area contributed by atoms with Gasteiger partial charge in [-0.2, -0.15) is 0 Å². The average Bonchev–Trinajstić information content (AvgIpc) is 3.04. The molecule has 1 atom stereocenters. The molecule has 3 heteroatoms. The van der Waals surface area contributed by atoms with Crippen LogP contribution in [0.5, 0.6) is 0 Å². The van der Waals surface area contributed by atoms with Crippen LogP contribution in [0.2, 0.25) is 0 Å². The van der Waals surface area contributed by atoms with Crippen LogP contribution in [0.1, 0.15) is 40.5 Å². The van der Waals surface area contributed by atoms with E-state index in [-0.39, 0.29) is 28.8 Å². The van der Waals surface area contributed by atoms with E-state index in [9.17, 15) is 9.90 Å². The fourth-order valence-corrected chi connectivity index (χ4v) is 3.03. The Kier molecular flexibility index (Phi) is 2.81. The van der Waals surface area contributed by atoms with Gasteiger partial charge in [-0.25, -0.2) is 0 Å². The number of likely N-dealkylation sites (N-methyl/N-ethyl adjacent to an activating group) is 1. The molecule has 2 aliphatic carbocycles. The number of nitrogens with zero attached hydrogens (tertiary/aromatic N) is 1. The van der Waals surface area contributed by atoms with Gasteiger partial charge < -0.3 is 10.0 Å². The van der Waals surface area contributed by atoms with E-state index < -0.39 is 0 Å². The van der Waals surface area contributed by atoms with E-state index in [1.165, 1.54) is 0 Å². The van der Waals surface area contributed by atoms with Gasteiger partial charge in [0, 0.05) is 19.5 Å². The summed E-state index contributed by atoms with van der Waals surface area (Å²) in [7, 11) is 1.82. The lowest BCUT2D eigenvalue weighted by molar-refractivity contribution is -0.134. The van der Waals surface area contributed by atoms with Crippen molar-refractivity contribution < 1.29 is 9.90 Å². The summed E-state index contributed by atoms with van der Waals surface area (Å²) >= 11 is 0. The van der Waals surface area contributed by atoms with Crippen LogP contribution in [0, 0.1) is 22.7 Å². The Hall–Kier alpha value is -0.570. The molecule has 2 aliphatic rings. The Balaban J connectivity index is 1.92. The lowest BCUT2D eigenvalue weighted by Gasteiger charge is -2.21. The van der Waals surface area contributed by atoms with E-state index in [2.05, 4.69) is 27.7 Å². The van der Waals surface area contributed by atoms with Crippen LogP contribution in [0.15, 0.2) is 0 Å². The zero-order valence-electron chi connectivity index (χ0n) is 11.7. The van der Waals surface area contributed by atoms with Crippen molar-refractivity contribution in [2.24, 2.45) is 22.7 Å². The van der Waals surface area contributed by atoms with E-state index in [4.69, 9.17) is 0 Å². The van der Waals surface area contributed by atoms with Gasteiger partial charge in [-0.3, -0.25) is 4.79 Å². The first-order chi connectivity index (χ1) is 7.69. The maximum Gasteiger partial charge on any atom is 0.226 e. The summed E-state index contributed by atoms with van der Waals surface area (Å²) in [6.45, 7) is 9.11. The van der Waals surface area contributed by atoms with Gasteiger partial charge in [-0.15, -0.1) is 0 Å². The lowest BCUT2D eigenvalue weighted by atomic mass is 10.0. The second-order valence-corrected chi connectivity index (χ2v) is 7.00. The molecule has 0 aromatic carbocycles. The molecule has 1 amide bonds. The van der Waals surface area contributed by atoms with Crippen molar-refractivity contribution >= 4 is 5.91 Å². The Morgan fingerprint density at radius 1 is 1.29 bits per heavy atom. The van der Waals surface area contributed by atoms with E-state index in [1.807, 2.05) is 7.05 Å². The molecule has 0 aromatic heterocycles. The van der Waals surface area contributed by atoms with E-state index in [1.54, 1.807) is 4.90 Å². The number of rotatable bonds is 4. The van der Waals surface area contributed by atoms with Crippen LogP contribution in [-0.4, -0.2) is 35.6 Å². The Morgan fingerprint density at radius 2 is 1.76 bits per heavy atom. The first-order valence-electron chi connectivity index (χ1n) is 6.62. The third-order valence-corrected chi connectivity index (χ3v) is 5.27. The summed E-state index contributed by atoms with van der Waals surface area (Å²) in [4.78, 5) is 14.1. The molecule has 1 N–H and O–H groups in total. The molecule has 2 rings (SSSR count). The SMILES string of the molecule is CN(CC(O)C1CC1)C(=O)C1C(C)(C)C1(C)C. The number of amides is 1. The highest BCUT2D eigenvalue weighted by molar-refractivity contribution is 5.84. The topological polar surface area (TPSA) is 40.5 Å². The van der Waals surface area contributed by atoms with Gasteiger partial charge in [-0.1, -0.05) is 27.7 Å². The van der Waals surface area contributed by atoms with Crippen LogP contribution in [-0.2, 0) is 4.79 Å². The maximum absolute atomic E-state index is 12.3. The second-order valence-electron chi connectivity index (χ2n) is 7.00. The minimum Gasteiger partial charge on any atom is -0.391 e. The molecule has 2 saturated carbocycles.